The Morgan fingerprint density at radius 3 is 2.44 bits per heavy atom. The number of carbonyl (C=O) groups excluding carboxylic acids is 3. The minimum absolute atomic E-state index is 0.128. The molecule has 1 aliphatic rings. The van der Waals surface area contributed by atoms with Gasteiger partial charge in [0.1, 0.15) is 0 Å². The van der Waals surface area contributed by atoms with Crippen molar-refractivity contribution in [3.05, 3.63) is 42.0 Å². The summed E-state index contributed by atoms with van der Waals surface area (Å²) in [6, 6.07) is 7.46. The minimum atomic E-state index is -1.35. The van der Waals surface area contributed by atoms with Crippen molar-refractivity contribution >= 4 is 23.3 Å². The number of Topliss-reactive ketones (excluding diaryl/α,β-unsaturated/α-hetero) is 1. The van der Waals surface area contributed by atoms with Crippen LogP contribution >= 0.6 is 0 Å². The highest BCUT2D eigenvalue weighted by molar-refractivity contribution is 6.13. The first-order valence-corrected chi connectivity index (χ1v) is 9.10. The van der Waals surface area contributed by atoms with Gasteiger partial charge in [0, 0.05) is 18.2 Å². The standard InChI is InChI=1S/C21H27NO5/c1-6-21(20(25)26-5)18(27-14(3)13(2)19(21)24)12-9-16-7-10-17(11-8-16)22-15(4)23/h7-8,10-11,14,18H,2,6,9,12H2,1,3-5H3,(H,22,23). The van der Waals surface area contributed by atoms with Gasteiger partial charge in [-0.15, -0.1) is 0 Å². The van der Waals surface area contributed by atoms with E-state index in [1.165, 1.54) is 14.0 Å². The molecule has 146 valence electrons. The Kier molecular flexibility index (Phi) is 6.54. The van der Waals surface area contributed by atoms with Gasteiger partial charge in [-0.1, -0.05) is 25.6 Å². The lowest BCUT2D eigenvalue weighted by Crippen LogP contribution is -2.56. The van der Waals surface area contributed by atoms with E-state index >= 15 is 0 Å². The Morgan fingerprint density at radius 2 is 1.93 bits per heavy atom. The van der Waals surface area contributed by atoms with Crippen LogP contribution in [0.15, 0.2) is 36.4 Å². The van der Waals surface area contributed by atoms with Crippen molar-refractivity contribution in [3.63, 3.8) is 0 Å². The highest BCUT2D eigenvalue weighted by Gasteiger charge is 2.56. The van der Waals surface area contributed by atoms with Gasteiger partial charge in [-0.3, -0.25) is 14.4 Å². The first kappa shape index (κ1) is 20.8. The fourth-order valence-corrected chi connectivity index (χ4v) is 3.57. The summed E-state index contributed by atoms with van der Waals surface area (Å²) in [5, 5.41) is 2.72. The molecule has 2 rings (SSSR count). The zero-order valence-corrected chi connectivity index (χ0v) is 16.3. The number of carbonyl (C=O) groups is 3. The molecule has 1 amide bonds. The predicted octanol–water partition coefficient (Wildman–Crippen LogP) is 3.06. The molecule has 0 aromatic heterocycles. The van der Waals surface area contributed by atoms with Crippen LogP contribution in [0.1, 0.15) is 39.2 Å². The largest absolute Gasteiger partial charge is 0.468 e. The first-order chi connectivity index (χ1) is 12.8. The van der Waals surface area contributed by atoms with Gasteiger partial charge >= 0.3 is 5.97 Å². The molecule has 1 aromatic carbocycles. The van der Waals surface area contributed by atoms with E-state index in [0.717, 1.165) is 11.3 Å². The van der Waals surface area contributed by atoms with Gasteiger partial charge in [0.05, 0.1) is 19.3 Å². The molecule has 0 saturated carbocycles. The SMILES string of the molecule is C=C1C(=O)C(CC)(C(=O)OC)C(CCc2ccc(NC(C)=O)cc2)OC1C. The molecule has 0 bridgehead atoms. The molecule has 1 aromatic rings. The molecule has 3 unspecified atom stereocenters. The molecule has 1 aliphatic heterocycles. The van der Waals surface area contributed by atoms with Gasteiger partial charge in [0.15, 0.2) is 11.2 Å². The summed E-state index contributed by atoms with van der Waals surface area (Å²) >= 11 is 0. The number of esters is 1. The summed E-state index contributed by atoms with van der Waals surface area (Å²) in [6.07, 6.45) is 0.380. The van der Waals surface area contributed by atoms with Gasteiger partial charge in [0.25, 0.3) is 0 Å². The van der Waals surface area contributed by atoms with E-state index in [4.69, 9.17) is 9.47 Å². The van der Waals surface area contributed by atoms with Crippen molar-refractivity contribution < 1.29 is 23.9 Å². The quantitative estimate of drug-likeness (QED) is 0.471. The normalized spacial score (nSPS) is 25.2. The van der Waals surface area contributed by atoms with Crippen LogP contribution in [0.5, 0.6) is 0 Å². The summed E-state index contributed by atoms with van der Waals surface area (Å²) in [7, 11) is 1.28. The lowest BCUT2D eigenvalue weighted by atomic mass is 9.69. The Morgan fingerprint density at radius 1 is 1.30 bits per heavy atom. The average molecular weight is 373 g/mol. The summed E-state index contributed by atoms with van der Waals surface area (Å²) in [4.78, 5) is 36.6. The summed E-state index contributed by atoms with van der Waals surface area (Å²) in [5.41, 5.74) is 0.692. The molecule has 0 spiro atoms. The maximum atomic E-state index is 12.9. The molecule has 6 nitrogen and oxygen atoms in total. The van der Waals surface area contributed by atoms with Crippen LogP contribution in [0, 0.1) is 5.41 Å². The van der Waals surface area contributed by atoms with Gasteiger partial charge < -0.3 is 14.8 Å². The van der Waals surface area contributed by atoms with Crippen molar-refractivity contribution in [1.82, 2.24) is 0 Å². The fraction of sp³-hybridized carbons (Fsp3) is 0.476. The van der Waals surface area contributed by atoms with Crippen molar-refractivity contribution in [2.24, 2.45) is 5.41 Å². The number of amides is 1. The second kappa shape index (κ2) is 8.48. The molecule has 0 radical (unpaired) electrons. The molecule has 1 heterocycles. The summed E-state index contributed by atoms with van der Waals surface area (Å²) < 4.78 is 11.0. The lowest BCUT2D eigenvalue weighted by Gasteiger charge is -2.43. The van der Waals surface area contributed by atoms with Crippen LogP contribution in [-0.4, -0.2) is 37.0 Å². The fourth-order valence-electron chi connectivity index (χ4n) is 3.57. The zero-order valence-electron chi connectivity index (χ0n) is 16.3. The molecule has 6 heteroatoms. The van der Waals surface area contributed by atoms with E-state index < -0.39 is 23.6 Å². The molecule has 1 fully saturated rings. The number of hydrogen-bond donors (Lipinski definition) is 1. The Bertz CT molecular complexity index is 739. The molecular weight excluding hydrogens is 346 g/mol. The number of ether oxygens (including phenoxy) is 2. The first-order valence-electron chi connectivity index (χ1n) is 9.10. The number of rotatable bonds is 6. The minimum Gasteiger partial charge on any atom is -0.468 e. The number of nitrogens with one attached hydrogen (secondary N) is 1. The third kappa shape index (κ3) is 4.11. The van der Waals surface area contributed by atoms with E-state index in [9.17, 15) is 14.4 Å². The number of aryl methyl sites for hydroxylation is 1. The van der Waals surface area contributed by atoms with Gasteiger partial charge in [-0.25, -0.2) is 0 Å². The van der Waals surface area contributed by atoms with Crippen molar-refractivity contribution in [2.75, 3.05) is 12.4 Å². The van der Waals surface area contributed by atoms with Crippen LogP contribution in [-0.2, 0) is 30.3 Å². The number of anilines is 1. The van der Waals surface area contributed by atoms with E-state index in [1.54, 1.807) is 13.8 Å². The van der Waals surface area contributed by atoms with Crippen molar-refractivity contribution in [2.45, 2.75) is 52.2 Å². The smallest absolute Gasteiger partial charge is 0.322 e. The van der Waals surface area contributed by atoms with E-state index in [1.807, 2.05) is 24.3 Å². The highest BCUT2D eigenvalue weighted by atomic mass is 16.5. The predicted molar refractivity (Wildman–Crippen MR) is 102 cm³/mol. The van der Waals surface area contributed by atoms with Crippen LogP contribution in [0.3, 0.4) is 0 Å². The maximum Gasteiger partial charge on any atom is 0.322 e. The molecule has 0 aliphatic carbocycles. The van der Waals surface area contributed by atoms with Gasteiger partial charge in [-0.2, -0.15) is 0 Å². The number of benzene rings is 1. The molecule has 1 N–H and O–H groups in total. The van der Waals surface area contributed by atoms with E-state index in [2.05, 4.69) is 11.9 Å². The number of methoxy groups -OCH3 is 1. The van der Waals surface area contributed by atoms with Gasteiger partial charge in [-0.05, 0) is 43.9 Å². The number of hydrogen-bond acceptors (Lipinski definition) is 5. The monoisotopic (exact) mass is 373 g/mol. The van der Waals surface area contributed by atoms with Crippen molar-refractivity contribution in [1.29, 1.82) is 0 Å². The van der Waals surface area contributed by atoms with Crippen LogP contribution in [0.25, 0.3) is 0 Å². The van der Waals surface area contributed by atoms with Crippen LogP contribution < -0.4 is 5.32 Å². The third-order valence-electron chi connectivity index (χ3n) is 5.18. The Labute approximate surface area is 159 Å². The molecular formula is C21H27NO5. The lowest BCUT2D eigenvalue weighted by molar-refractivity contribution is -0.178. The van der Waals surface area contributed by atoms with Crippen molar-refractivity contribution in [3.8, 4) is 0 Å². The zero-order chi connectivity index (χ0) is 20.2. The Balaban J connectivity index is 2.20. The van der Waals surface area contributed by atoms with Gasteiger partial charge in [0.2, 0.25) is 5.91 Å². The third-order valence-corrected chi connectivity index (χ3v) is 5.18. The van der Waals surface area contributed by atoms with Crippen LogP contribution in [0.4, 0.5) is 5.69 Å². The summed E-state index contributed by atoms with van der Waals surface area (Å²) in [5.74, 6) is -0.993. The topological polar surface area (TPSA) is 81.7 Å². The number of ketones is 1. The second-order valence-corrected chi connectivity index (χ2v) is 6.85. The molecule has 27 heavy (non-hydrogen) atoms. The van der Waals surface area contributed by atoms with E-state index in [0.29, 0.717) is 18.4 Å². The Hall–Kier alpha value is -2.47. The van der Waals surface area contributed by atoms with Crippen LogP contribution in [0.2, 0.25) is 0 Å². The highest BCUT2D eigenvalue weighted by Crippen LogP contribution is 2.42. The second-order valence-electron chi connectivity index (χ2n) is 6.85. The molecule has 1 saturated heterocycles. The molecule has 3 atom stereocenters. The maximum absolute atomic E-state index is 12.9. The van der Waals surface area contributed by atoms with E-state index in [-0.39, 0.29) is 18.1 Å². The summed E-state index contributed by atoms with van der Waals surface area (Å²) in [6.45, 7) is 8.82. The average Bonchev–Trinajstić information content (AvgIpc) is 2.65.